The molecule has 0 fully saturated rings. The zero-order valence-corrected chi connectivity index (χ0v) is 15.3. The Morgan fingerprint density at radius 1 is 1.27 bits per heavy atom. The molecular weight excluding hydrogens is 378 g/mol. The third-order valence-corrected chi connectivity index (χ3v) is 6.15. The molecule has 0 aromatic heterocycles. The summed E-state index contributed by atoms with van der Waals surface area (Å²) in [6, 6.07) is 7.76. The summed E-state index contributed by atoms with van der Waals surface area (Å²) in [7, 11) is -3.87. The molecule has 3 nitrogen and oxygen atoms in total. The standard InChI is InChI=1S/C15H12O3P.2ClH.Ti/c1-11-5-4-8-15(11)18-19(16,17)14-9-12-6-2-3-7-13(12)10-14;;;/h2-10H,1H2,(H,16,17);2*1H;/q;;;+2/p-2. The molecule has 3 rings (SSSR count). The largest absolute Gasteiger partial charge is 1.00 e. The second-order valence-corrected chi connectivity index (χ2v) is 7.30. The molecule has 0 heterocycles. The fourth-order valence-electron chi connectivity index (χ4n) is 2.27. The monoisotopic (exact) mass is 389 g/mol. The van der Waals surface area contributed by atoms with E-state index in [-0.39, 0.29) is 29.0 Å². The number of allylic oxidation sites excluding steroid dienone is 4. The number of hydrogen-bond acceptors (Lipinski definition) is 2. The second-order valence-electron chi connectivity index (χ2n) is 4.66. The Morgan fingerprint density at radius 3 is 2.55 bits per heavy atom. The van der Waals surface area contributed by atoms with Crippen molar-refractivity contribution < 1.29 is 59.2 Å². The van der Waals surface area contributed by atoms with Gasteiger partial charge in [0.1, 0.15) is 0 Å². The van der Waals surface area contributed by atoms with E-state index in [1.54, 1.807) is 24.3 Å². The van der Waals surface area contributed by atoms with Crippen molar-refractivity contribution in [2.24, 2.45) is 0 Å². The van der Waals surface area contributed by atoms with Crippen LogP contribution in [0.5, 0.6) is 0 Å². The van der Waals surface area contributed by atoms with Crippen LogP contribution >= 0.6 is 7.60 Å². The Kier molecular flexibility index (Phi) is 6.52. The average Bonchev–Trinajstić information content (AvgIpc) is 2.95. The topological polar surface area (TPSA) is 46.5 Å². The molecule has 0 bridgehead atoms. The molecule has 1 aromatic carbocycles. The van der Waals surface area contributed by atoms with Crippen LogP contribution in [0.25, 0.3) is 6.08 Å². The number of benzene rings is 1. The Morgan fingerprint density at radius 2 is 1.95 bits per heavy atom. The molecule has 113 valence electrons. The van der Waals surface area contributed by atoms with Gasteiger partial charge < -0.3 is 24.8 Å². The van der Waals surface area contributed by atoms with Crippen LogP contribution < -0.4 is 24.8 Å². The van der Waals surface area contributed by atoms with Crippen molar-refractivity contribution in [2.75, 3.05) is 0 Å². The van der Waals surface area contributed by atoms with Crippen LogP contribution in [0.1, 0.15) is 15.3 Å². The van der Waals surface area contributed by atoms with Crippen molar-refractivity contribution in [2.45, 2.75) is 4.22 Å². The van der Waals surface area contributed by atoms with E-state index in [9.17, 15) is 9.46 Å². The van der Waals surface area contributed by atoms with Gasteiger partial charge in [-0.3, -0.25) is 0 Å². The van der Waals surface area contributed by atoms with Crippen LogP contribution in [0.15, 0.2) is 65.7 Å². The molecule has 22 heavy (non-hydrogen) atoms. The normalized spacial score (nSPS) is 21.0. The van der Waals surface area contributed by atoms with E-state index >= 15 is 0 Å². The fraction of sp³-hybridized carbons (Fsp3) is 0.0667. The van der Waals surface area contributed by atoms with E-state index in [1.807, 2.05) is 44.7 Å². The molecule has 0 amide bonds. The minimum atomic E-state index is -3.87. The van der Waals surface area contributed by atoms with E-state index in [1.165, 1.54) is 0 Å². The summed E-state index contributed by atoms with van der Waals surface area (Å²) < 4.78 is 17.8. The van der Waals surface area contributed by atoms with Gasteiger partial charge >= 0.3 is 129 Å². The number of fused-ring (bicyclic) bond motifs is 1. The molecule has 0 spiro atoms. The van der Waals surface area contributed by atoms with Gasteiger partial charge in [0.2, 0.25) is 0 Å². The molecule has 2 unspecified atom stereocenters. The van der Waals surface area contributed by atoms with Gasteiger partial charge in [-0.15, -0.1) is 0 Å². The molecule has 2 aliphatic carbocycles. The average molecular weight is 390 g/mol. The van der Waals surface area contributed by atoms with Gasteiger partial charge in [0.25, 0.3) is 0 Å². The third kappa shape index (κ3) is 3.51. The van der Waals surface area contributed by atoms with Gasteiger partial charge in [0, 0.05) is 0 Å². The van der Waals surface area contributed by atoms with E-state index in [2.05, 4.69) is 6.58 Å². The first-order chi connectivity index (χ1) is 9.49. The maximum Gasteiger partial charge on any atom is -1.00 e. The van der Waals surface area contributed by atoms with E-state index in [0.717, 1.165) is 11.1 Å². The van der Waals surface area contributed by atoms with Crippen LogP contribution in [0.3, 0.4) is 0 Å². The summed E-state index contributed by atoms with van der Waals surface area (Å²) in [5.41, 5.74) is 2.64. The molecule has 1 N–H and O–H groups in total. The van der Waals surface area contributed by atoms with Crippen LogP contribution in [0.4, 0.5) is 0 Å². The SMILES string of the molecule is C=C1C=CC=C1OP(=O)(O)C1=Cc2ccccc2[CH]1[Ti+2].[Cl-].[Cl-]. The van der Waals surface area contributed by atoms with Gasteiger partial charge in [-0.1, -0.05) is 0 Å². The Labute approximate surface area is 153 Å². The molecule has 2 atom stereocenters. The van der Waals surface area contributed by atoms with E-state index in [4.69, 9.17) is 4.52 Å². The van der Waals surface area contributed by atoms with Crippen molar-refractivity contribution in [3.8, 4) is 0 Å². The molecule has 7 heteroatoms. The van der Waals surface area contributed by atoms with Crippen molar-refractivity contribution in [3.05, 3.63) is 76.8 Å². The number of halogens is 2. The quantitative estimate of drug-likeness (QED) is 0.473. The van der Waals surface area contributed by atoms with Crippen molar-refractivity contribution >= 4 is 13.7 Å². The predicted octanol–water partition coefficient (Wildman–Crippen LogP) is -2.15. The van der Waals surface area contributed by atoms with Crippen LogP contribution in [0, 0.1) is 0 Å². The summed E-state index contributed by atoms with van der Waals surface area (Å²) in [6.45, 7) is 3.77. The van der Waals surface area contributed by atoms with Gasteiger partial charge in [-0.2, -0.15) is 0 Å². The molecule has 0 radical (unpaired) electrons. The Bertz CT molecular complexity index is 740. The molecule has 1 aromatic rings. The summed E-state index contributed by atoms with van der Waals surface area (Å²) in [5.74, 6) is 0.361. The Hall–Kier alpha value is -0.536. The first-order valence-electron chi connectivity index (χ1n) is 6.11. The first kappa shape index (κ1) is 19.5. The maximum absolute atomic E-state index is 12.6. The van der Waals surface area contributed by atoms with E-state index in [0.29, 0.717) is 16.6 Å². The van der Waals surface area contributed by atoms with Crippen molar-refractivity contribution in [1.29, 1.82) is 0 Å². The third-order valence-electron chi connectivity index (χ3n) is 3.32. The fourth-order valence-corrected chi connectivity index (χ4v) is 4.89. The zero-order chi connectivity index (χ0) is 14.3. The summed E-state index contributed by atoms with van der Waals surface area (Å²) in [6.07, 6.45) is 6.90. The summed E-state index contributed by atoms with van der Waals surface area (Å²) in [4.78, 5) is 10.3. The summed E-state index contributed by atoms with van der Waals surface area (Å²) in [5, 5.41) is 0.430. The maximum atomic E-state index is 12.6. The molecule has 0 aliphatic heterocycles. The number of hydrogen-bond donors (Lipinski definition) is 1. The van der Waals surface area contributed by atoms with Crippen molar-refractivity contribution in [1.82, 2.24) is 0 Å². The van der Waals surface area contributed by atoms with Crippen LogP contribution in [-0.2, 0) is 29.5 Å². The van der Waals surface area contributed by atoms with Gasteiger partial charge in [-0.25, -0.2) is 0 Å². The smallest absolute Gasteiger partial charge is 1.00 e. The molecule has 0 saturated heterocycles. The minimum Gasteiger partial charge on any atom is -1.00 e. The van der Waals surface area contributed by atoms with Gasteiger partial charge in [0.15, 0.2) is 0 Å². The van der Waals surface area contributed by atoms with Crippen molar-refractivity contribution in [3.63, 3.8) is 0 Å². The summed E-state index contributed by atoms with van der Waals surface area (Å²) >= 11 is 1.92. The van der Waals surface area contributed by atoms with E-state index < -0.39 is 7.60 Å². The minimum absolute atomic E-state index is 0. The Balaban J connectivity index is 0.00000121. The van der Waals surface area contributed by atoms with Gasteiger partial charge in [-0.05, 0) is 0 Å². The second kappa shape index (κ2) is 7.36. The molecular formula is C15H12Cl2O3PTi. The molecule has 2 aliphatic rings. The predicted molar refractivity (Wildman–Crippen MR) is 74.4 cm³/mol. The van der Waals surface area contributed by atoms with Gasteiger partial charge in [0.05, 0.1) is 0 Å². The van der Waals surface area contributed by atoms with Crippen LogP contribution in [-0.4, -0.2) is 4.89 Å². The first-order valence-corrected chi connectivity index (χ1v) is 8.59. The number of rotatable bonds is 3. The molecule has 0 saturated carbocycles. The zero-order valence-electron chi connectivity index (χ0n) is 11.4. The van der Waals surface area contributed by atoms with Crippen LogP contribution in [0.2, 0.25) is 0 Å².